The fourth-order valence-corrected chi connectivity index (χ4v) is 2.35. The van der Waals surface area contributed by atoms with Crippen molar-refractivity contribution in [2.75, 3.05) is 31.2 Å². The fourth-order valence-electron chi connectivity index (χ4n) is 1.55. The van der Waals surface area contributed by atoms with E-state index in [1.54, 1.807) is 4.90 Å². The van der Waals surface area contributed by atoms with Gasteiger partial charge in [-0.05, 0) is 19.3 Å². The molecule has 1 atom stereocenters. The summed E-state index contributed by atoms with van der Waals surface area (Å²) in [6.07, 6.45) is 3.29. The Morgan fingerprint density at radius 3 is 2.50 bits per heavy atom. The number of piperidine rings is 1. The van der Waals surface area contributed by atoms with Crippen molar-refractivity contribution >= 4 is 16.7 Å². The van der Waals surface area contributed by atoms with E-state index in [-0.39, 0.29) is 24.0 Å². The monoisotopic (exact) mass is 219 g/mol. The largest absolute Gasteiger partial charge is 0.395 e. The smallest absolute Gasteiger partial charge is 0.235 e. The van der Waals surface area contributed by atoms with Crippen LogP contribution >= 0.6 is 0 Å². The van der Waals surface area contributed by atoms with Gasteiger partial charge in [0.2, 0.25) is 5.91 Å². The molecule has 1 rings (SSSR count). The second-order valence-corrected chi connectivity index (χ2v) is 5.03. The van der Waals surface area contributed by atoms with Crippen molar-refractivity contribution in [3.8, 4) is 0 Å². The van der Waals surface area contributed by atoms with Crippen molar-refractivity contribution in [3.63, 3.8) is 0 Å². The summed E-state index contributed by atoms with van der Waals surface area (Å²) in [7, 11) is -1.19. The molecule has 1 aliphatic heterocycles. The van der Waals surface area contributed by atoms with E-state index in [1.165, 1.54) is 6.42 Å². The average molecular weight is 219 g/mol. The van der Waals surface area contributed by atoms with Gasteiger partial charge in [0.05, 0.1) is 6.61 Å². The molecule has 1 amide bonds. The van der Waals surface area contributed by atoms with Gasteiger partial charge in [-0.2, -0.15) is 0 Å². The first kappa shape index (κ1) is 11.7. The highest BCUT2D eigenvalue weighted by Gasteiger charge is 2.17. The maximum Gasteiger partial charge on any atom is 0.235 e. The Balaban J connectivity index is 2.29. The van der Waals surface area contributed by atoms with Crippen molar-refractivity contribution in [3.05, 3.63) is 0 Å². The van der Waals surface area contributed by atoms with Gasteiger partial charge in [0.25, 0.3) is 0 Å². The Hall–Kier alpha value is -0.420. The summed E-state index contributed by atoms with van der Waals surface area (Å²) < 4.78 is 11.2. The van der Waals surface area contributed by atoms with Gasteiger partial charge in [0, 0.05) is 29.6 Å². The van der Waals surface area contributed by atoms with Crippen molar-refractivity contribution in [1.82, 2.24) is 4.90 Å². The molecule has 0 aromatic carbocycles. The van der Waals surface area contributed by atoms with Crippen molar-refractivity contribution in [2.45, 2.75) is 19.3 Å². The maximum absolute atomic E-state index is 11.5. The Labute approximate surface area is 86.7 Å². The number of carbonyl (C=O) groups is 1. The Bertz CT molecular complexity index is 214. The van der Waals surface area contributed by atoms with Gasteiger partial charge in [0.1, 0.15) is 5.75 Å². The third kappa shape index (κ3) is 3.75. The fraction of sp³-hybridized carbons (Fsp3) is 0.889. The first-order chi connectivity index (χ1) is 6.74. The summed E-state index contributed by atoms with van der Waals surface area (Å²) in [5.41, 5.74) is 0. The first-order valence-electron chi connectivity index (χ1n) is 4.97. The SMILES string of the molecule is O=C(CS(=O)CCO)N1CCCCC1. The van der Waals surface area contributed by atoms with Crippen molar-refractivity contribution in [1.29, 1.82) is 0 Å². The maximum atomic E-state index is 11.5. The van der Waals surface area contributed by atoms with E-state index < -0.39 is 10.8 Å². The number of hydrogen-bond acceptors (Lipinski definition) is 3. The highest BCUT2D eigenvalue weighted by molar-refractivity contribution is 7.85. The molecule has 5 heteroatoms. The molecule has 0 spiro atoms. The third-order valence-corrected chi connectivity index (χ3v) is 3.52. The summed E-state index contributed by atoms with van der Waals surface area (Å²) in [5.74, 6) is 0.247. The van der Waals surface area contributed by atoms with Crippen LogP contribution in [0.25, 0.3) is 0 Å². The van der Waals surface area contributed by atoms with Gasteiger partial charge in [-0.1, -0.05) is 0 Å². The molecule has 1 aliphatic rings. The molecule has 0 aliphatic carbocycles. The molecule has 0 saturated carbocycles. The molecule has 1 unspecified atom stereocenters. The second kappa shape index (κ2) is 6.14. The van der Waals surface area contributed by atoms with E-state index in [0.717, 1.165) is 25.9 Å². The van der Waals surface area contributed by atoms with Gasteiger partial charge < -0.3 is 10.0 Å². The van der Waals surface area contributed by atoms with Gasteiger partial charge >= 0.3 is 0 Å². The lowest BCUT2D eigenvalue weighted by atomic mass is 10.1. The van der Waals surface area contributed by atoms with E-state index in [4.69, 9.17) is 5.11 Å². The third-order valence-electron chi connectivity index (χ3n) is 2.31. The van der Waals surface area contributed by atoms with Crippen LogP contribution in [0.5, 0.6) is 0 Å². The number of hydrogen-bond donors (Lipinski definition) is 1. The zero-order valence-electron chi connectivity index (χ0n) is 8.28. The number of aliphatic hydroxyl groups excluding tert-OH is 1. The molecule has 0 bridgehead atoms. The van der Waals surface area contributed by atoms with Crippen LogP contribution in [0.1, 0.15) is 19.3 Å². The van der Waals surface area contributed by atoms with Gasteiger partial charge in [-0.25, -0.2) is 0 Å². The minimum atomic E-state index is -1.19. The number of aliphatic hydroxyl groups is 1. The van der Waals surface area contributed by atoms with E-state index >= 15 is 0 Å². The summed E-state index contributed by atoms with van der Waals surface area (Å²) in [4.78, 5) is 13.3. The second-order valence-electron chi connectivity index (χ2n) is 3.45. The molecular formula is C9H17NO3S. The highest BCUT2D eigenvalue weighted by Crippen LogP contribution is 2.08. The molecule has 0 aromatic rings. The van der Waals surface area contributed by atoms with Gasteiger partial charge in [-0.15, -0.1) is 0 Å². The Morgan fingerprint density at radius 1 is 1.29 bits per heavy atom. The summed E-state index contributed by atoms with van der Waals surface area (Å²) in [6.45, 7) is 1.49. The van der Waals surface area contributed by atoms with Crippen LogP contribution in [0.2, 0.25) is 0 Å². The van der Waals surface area contributed by atoms with Gasteiger partial charge in [-0.3, -0.25) is 9.00 Å². The Kier molecular flexibility index (Phi) is 5.11. The van der Waals surface area contributed by atoms with E-state index in [9.17, 15) is 9.00 Å². The predicted octanol–water partition coefficient (Wildman–Crippen LogP) is -0.260. The van der Waals surface area contributed by atoms with Crippen LogP contribution in [-0.2, 0) is 15.6 Å². The molecule has 14 heavy (non-hydrogen) atoms. The lowest BCUT2D eigenvalue weighted by Crippen LogP contribution is -2.38. The topological polar surface area (TPSA) is 57.6 Å². The van der Waals surface area contributed by atoms with E-state index in [2.05, 4.69) is 0 Å². The van der Waals surface area contributed by atoms with Crippen molar-refractivity contribution in [2.24, 2.45) is 0 Å². The van der Waals surface area contributed by atoms with Crippen LogP contribution in [0, 0.1) is 0 Å². The lowest BCUT2D eigenvalue weighted by molar-refractivity contribution is -0.129. The van der Waals surface area contributed by atoms with Crippen LogP contribution in [0.3, 0.4) is 0 Å². The molecule has 0 aromatic heterocycles. The average Bonchev–Trinajstić information content (AvgIpc) is 2.19. The number of rotatable bonds is 4. The van der Waals surface area contributed by atoms with E-state index in [0.29, 0.717) is 0 Å². The molecule has 1 fully saturated rings. The molecule has 1 heterocycles. The highest BCUT2D eigenvalue weighted by atomic mass is 32.2. The molecule has 4 nitrogen and oxygen atoms in total. The molecular weight excluding hydrogens is 202 g/mol. The van der Waals surface area contributed by atoms with Gasteiger partial charge in [0.15, 0.2) is 0 Å². The first-order valence-corrected chi connectivity index (χ1v) is 6.46. The van der Waals surface area contributed by atoms with E-state index in [1.807, 2.05) is 0 Å². The summed E-state index contributed by atoms with van der Waals surface area (Å²) in [5, 5.41) is 8.54. The quantitative estimate of drug-likeness (QED) is 0.708. The zero-order chi connectivity index (χ0) is 10.4. The molecule has 0 radical (unpaired) electrons. The number of amides is 1. The molecule has 82 valence electrons. The predicted molar refractivity (Wildman–Crippen MR) is 55.4 cm³/mol. The zero-order valence-corrected chi connectivity index (χ0v) is 9.09. The number of likely N-dealkylation sites (tertiary alicyclic amines) is 1. The van der Waals surface area contributed by atoms with Crippen LogP contribution in [0.4, 0.5) is 0 Å². The number of nitrogens with zero attached hydrogens (tertiary/aromatic N) is 1. The van der Waals surface area contributed by atoms with Crippen LogP contribution in [0.15, 0.2) is 0 Å². The number of carbonyl (C=O) groups excluding carboxylic acids is 1. The summed E-state index contributed by atoms with van der Waals surface area (Å²) >= 11 is 0. The minimum Gasteiger partial charge on any atom is -0.395 e. The minimum absolute atomic E-state index is 0.0310. The Morgan fingerprint density at radius 2 is 1.93 bits per heavy atom. The normalized spacial score (nSPS) is 19.4. The van der Waals surface area contributed by atoms with Crippen LogP contribution < -0.4 is 0 Å². The summed E-state index contributed by atoms with van der Waals surface area (Å²) in [6, 6.07) is 0. The molecule has 1 saturated heterocycles. The standard InChI is InChI=1S/C9H17NO3S/c11-6-7-14(13)8-9(12)10-4-2-1-3-5-10/h11H,1-8H2. The lowest BCUT2D eigenvalue weighted by Gasteiger charge is -2.26. The van der Waals surface area contributed by atoms with Crippen LogP contribution in [-0.4, -0.2) is 51.3 Å². The van der Waals surface area contributed by atoms with Crippen molar-refractivity contribution < 1.29 is 14.1 Å². The molecule has 1 N–H and O–H groups in total.